The van der Waals surface area contributed by atoms with E-state index in [9.17, 15) is 5.11 Å². The Morgan fingerprint density at radius 2 is 1.76 bits per heavy atom. The third-order valence-electron chi connectivity index (χ3n) is 3.75. The molecular weight excluding hydrogens is 280 g/mol. The van der Waals surface area contributed by atoms with E-state index in [1.807, 2.05) is 43.3 Å². The standard InChI is InChI=1S/C19H23ClO/c1-13-9-10-14(17(20)11-13)12-18(21)15-7-5-6-8-16(15)19(2,3)4/h5-11,18,21H,12H2,1-4H3. The number of aliphatic hydroxyl groups is 1. The molecular formula is C19H23ClO. The molecule has 0 aromatic heterocycles. The molecule has 2 aromatic carbocycles. The van der Waals surface area contributed by atoms with E-state index in [0.717, 1.165) is 21.7 Å². The third kappa shape index (κ3) is 3.87. The fraction of sp³-hybridized carbons (Fsp3) is 0.368. The molecule has 21 heavy (non-hydrogen) atoms. The van der Waals surface area contributed by atoms with Crippen molar-refractivity contribution in [1.82, 2.24) is 0 Å². The van der Waals surface area contributed by atoms with Crippen molar-refractivity contribution in [2.24, 2.45) is 0 Å². The van der Waals surface area contributed by atoms with Crippen molar-refractivity contribution < 1.29 is 5.11 Å². The summed E-state index contributed by atoms with van der Waals surface area (Å²) in [7, 11) is 0. The maximum atomic E-state index is 10.7. The van der Waals surface area contributed by atoms with Crippen LogP contribution in [0.3, 0.4) is 0 Å². The molecule has 0 aliphatic rings. The van der Waals surface area contributed by atoms with Crippen molar-refractivity contribution in [3.63, 3.8) is 0 Å². The maximum Gasteiger partial charge on any atom is 0.0833 e. The van der Waals surface area contributed by atoms with Crippen molar-refractivity contribution in [2.75, 3.05) is 0 Å². The van der Waals surface area contributed by atoms with Gasteiger partial charge in [-0.2, -0.15) is 0 Å². The van der Waals surface area contributed by atoms with Gasteiger partial charge in [0.15, 0.2) is 0 Å². The predicted molar refractivity (Wildman–Crippen MR) is 90.0 cm³/mol. The van der Waals surface area contributed by atoms with E-state index in [2.05, 4.69) is 26.8 Å². The molecule has 0 saturated carbocycles. The average molecular weight is 303 g/mol. The summed E-state index contributed by atoms with van der Waals surface area (Å²) in [6.45, 7) is 8.51. The Kier molecular flexibility index (Phi) is 4.75. The number of hydrogen-bond acceptors (Lipinski definition) is 1. The Bertz CT molecular complexity index is 626. The second-order valence-electron chi connectivity index (χ2n) is 6.65. The number of benzene rings is 2. The van der Waals surface area contributed by atoms with Crippen LogP contribution in [0, 0.1) is 6.92 Å². The molecule has 0 amide bonds. The number of hydrogen-bond donors (Lipinski definition) is 1. The molecule has 1 nitrogen and oxygen atoms in total. The van der Waals surface area contributed by atoms with Gasteiger partial charge in [-0.15, -0.1) is 0 Å². The van der Waals surface area contributed by atoms with Gasteiger partial charge >= 0.3 is 0 Å². The van der Waals surface area contributed by atoms with Gasteiger partial charge in [-0.25, -0.2) is 0 Å². The number of rotatable bonds is 3. The number of aliphatic hydroxyl groups excluding tert-OH is 1. The highest BCUT2D eigenvalue weighted by molar-refractivity contribution is 6.31. The first-order valence-electron chi connectivity index (χ1n) is 7.31. The van der Waals surface area contributed by atoms with E-state index < -0.39 is 6.10 Å². The van der Waals surface area contributed by atoms with Crippen LogP contribution in [0.5, 0.6) is 0 Å². The van der Waals surface area contributed by atoms with E-state index in [4.69, 9.17) is 11.6 Å². The van der Waals surface area contributed by atoms with Crippen LogP contribution >= 0.6 is 11.6 Å². The summed E-state index contributed by atoms with van der Waals surface area (Å²) in [5.74, 6) is 0. The lowest BCUT2D eigenvalue weighted by Crippen LogP contribution is -2.17. The Balaban J connectivity index is 2.31. The highest BCUT2D eigenvalue weighted by Crippen LogP contribution is 2.32. The Hall–Kier alpha value is -1.31. The van der Waals surface area contributed by atoms with E-state index in [-0.39, 0.29) is 5.41 Å². The molecule has 112 valence electrons. The summed E-state index contributed by atoms with van der Waals surface area (Å²) >= 11 is 6.28. The van der Waals surface area contributed by atoms with Gasteiger partial charge in [-0.3, -0.25) is 0 Å². The normalized spacial score (nSPS) is 13.2. The van der Waals surface area contributed by atoms with Gasteiger partial charge in [0.05, 0.1) is 6.10 Å². The Labute approximate surface area is 132 Å². The SMILES string of the molecule is Cc1ccc(CC(O)c2ccccc2C(C)(C)C)c(Cl)c1. The topological polar surface area (TPSA) is 20.2 Å². The van der Waals surface area contributed by atoms with Crippen molar-refractivity contribution >= 4 is 11.6 Å². The molecule has 0 saturated heterocycles. The largest absolute Gasteiger partial charge is 0.388 e. The van der Waals surface area contributed by atoms with Gasteiger partial charge in [-0.1, -0.05) is 68.8 Å². The Morgan fingerprint density at radius 3 is 2.38 bits per heavy atom. The third-order valence-corrected chi connectivity index (χ3v) is 4.10. The monoisotopic (exact) mass is 302 g/mol. The number of aryl methyl sites for hydroxylation is 1. The first kappa shape index (κ1) is 16.1. The van der Waals surface area contributed by atoms with Crippen molar-refractivity contribution in [3.8, 4) is 0 Å². The fourth-order valence-corrected chi connectivity index (χ4v) is 2.92. The smallest absolute Gasteiger partial charge is 0.0833 e. The predicted octanol–water partition coefficient (Wildman–Crippen LogP) is 5.22. The maximum absolute atomic E-state index is 10.7. The second kappa shape index (κ2) is 6.21. The molecule has 0 spiro atoms. The van der Waals surface area contributed by atoms with Gasteiger partial charge in [0.1, 0.15) is 0 Å². The van der Waals surface area contributed by atoms with Crippen LogP contribution in [0.15, 0.2) is 42.5 Å². The van der Waals surface area contributed by atoms with Gasteiger partial charge in [0.2, 0.25) is 0 Å². The molecule has 0 fully saturated rings. The van der Waals surface area contributed by atoms with Crippen LogP contribution in [0.4, 0.5) is 0 Å². The Morgan fingerprint density at radius 1 is 1.10 bits per heavy atom. The van der Waals surface area contributed by atoms with Crippen molar-refractivity contribution in [2.45, 2.75) is 45.6 Å². The van der Waals surface area contributed by atoms with Crippen LogP contribution in [0.25, 0.3) is 0 Å². The molecule has 2 heteroatoms. The molecule has 1 N–H and O–H groups in total. The molecule has 0 bridgehead atoms. The summed E-state index contributed by atoms with van der Waals surface area (Å²) < 4.78 is 0. The van der Waals surface area contributed by atoms with Gasteiger partial charge < -0.3 is 5.11 Å². The molecule has 2 rings (SSSR count). The molecule has 2 aromatic rings. The molecule has 0 aliphatic carbocycles. The zero-order valence-electron chi connectivity index (χ0n) is 13.2. The molecule has 0 radical (unpaired) electrons. The summed E-state index contributed by atoms with van der Waals surface area (Å²) in [6.07, 6.45) is -0.00715. The molecule has 1 unspecified atom stereocenters. The van der Waals surface area contributed by atoms with E-state index in [1.54, 1.807) is 0 Å². The molecule has 1 atom stereocenters. The van der Waals surface area contributed by atoms with Crippen LogP contribution in [-0.2, 0) is 11.8 Å². The summed E-state index contributed by atoms with van der Waals surface area (Å²) in [5, 5.41) is 11.4. The van der Waals surface area contributed by atoms with Gasteiger partial charge in [0.25, 0.3) is 0 Å². The minimum absolute atomic E-state index is 0.00858. The van der Waals surface area contributed by atoms with Gasteiger partial charge in [-0.05, 0) is 40.7 Å². The van der Waals surface area contributed by atoms with Crippen LogP contribution in [0.2, 0.25) is 5.02 Å². The van der Waals surface area contributed by atoms with E-state index >= 15 is 0 Å². The summed E-state index contributed by atoms with van der Waals surface area (Å²) in [6, 6.07) is 14.1. The minimum Gasteiger partial charge on any atom is -0.388 e. The summed E-state index contributed by atoms with van der Waals surface area (Å²) in [5.41, 5.74) is 4.29. The fourth-order valence-electron chi connectivity index (χ4n) is 2.61. The van der Waals surface area contributed by atoms with Crippen molar-refractivity contribution in [1.29, 1.82) is 0 Å². The van der Waals surface area contributed by atoms with Crippen LogP contribution < -0.4 is 0 Å². The lowest BCUT2D eigenvalue weighted by molar-refractivity contribution is 0.176. The van der Waals surface area contributed by atoms with Crippen LogP contribution in [0.1, 0.15) is 49.1 Å². The lowest BCUT2D eigenvalue weighted by atomic mass is 9.81. The lowest BCUT2D eigenvalue weighted by Gasteiger charge is -2.25. The van der Waals surface area contributed by atoms with E-state index in [1.165, 1.54) is 5.56 Å². The second-order valence-corrected chi connectivity index (χ2v) is 7.06. The minimum atomic E-state index is -0.541. The van der Waals surface area contributed by atoms with Crippen molar-refractivity contribution in [3.05, 3.63) is 69.7 Å². The highest BCUT2D eigenvalue weighted by Gasteiger charge is 2.21. The molecule has 0 heterocycles. The zero-order valence-corrected chi connectivity index (χ0v) is 13.9. The first-order chi connectivity index (χ1) is 9.79. The van der Waals surface area contributed by atoms with Gasteiger partial charge in [0, 0.05) is 11.4 Å². The first-order valence-corrected chi connectivity index (χ1v) is 7.69. The van der Waals surface area contributed by atoms with E-state index in [0.29, 0.717) is 6.42 Å². The zero-order chi connectivity index (χ0) is 15.6. The highest BCUT2D eigenvalue weighted by atomic mass is 35.5. The quantitative estimate of drug-likeness (QED) is 0.824. The average Bonchev–Trinajstić information content (AvgIpc) is 2.41. The van der Waals surface area contributed by atoms with Crippen LogP contribution in [-0.4, -0.2) is 5.11 Å². The number of halogens is 1. The molecule has 0 aliphatic heterocycles. The summed E-state index contributed by atoms with van der Waals surface area (Å²) in [4.78, 5) is 0.